The number of rotatable bonds is 3. The quantitative estimate of drug-likeness (QED) is 0.709. The molecule has 2 N–H and O–H groups in total. The first kappa shape index (κ1) is 9.80. The van der Waals surface area contributed by atoms with Crippen LogP contribution in [-0.4, -0.2) is 17.3 Å². The molecule has 0 aliphatic carbocycles. The van der Waals surface area contributed by atoms with E-state index < -0.39 is 5.82 Å². The Morgan fingerprint density at radius 3 is 2.92 bits per heavy atom. The Kier molecular flexibility index (Phi) is 3.08. The fraction of sp³-hybridized carbons (Fsp3) is 0.333. The van der Waals surface area contributed by atoms with Gasteiger partial charge in [0.1, 0.15) is 5.82 Å². The van der Waals surface area contributed by atoms with Crippen LogP contribution in [0.15, 0.2) is 18.5 Å². The summed E-state index contributed by atoms with van der Waals surface area (Å²) in [6, 6.07) is 1.17. The number of aromatic nitrogens is 1. The van der Waals surface area contributed by atoms with Crippen LogP contribution < -0.4 is 5.73 Å². The molecule has 70 valence electrons. The Bertz CT molecular complexity index is 314. The Hall–Kier alpha value is -1.29. The maximum Gasteiger partial charge on any atom is 0.168 e. The van der Waals surface area contributed by atoms with Gasteiger partial charge in [-0.05, 0) is 6.07 Å². The Morgan fingerprint density at radius 2 is 2.38 bits per heavy atom. The molecule has 1 aromatic rings. The fourth-order valence-corrected chi connectivity index (χ4v) is 0.938. The third kappa shape index (κ3) is 2.32. The van der Waals surface area contributed by atoms with Crippen LogP contribution in [0.2, 0.25) is 0 Å². The first-order chi connectivity index (χ1) is 6.15. The highest BCUT2D eigenvalue weighted by Crippen LogP contribution is 2.07. The van der Waals surface area contributed by atoms with Crippen molar-refractivity contribution in [1.29, 1.82) is 0 Å². The summed E-state index contributed by atoms with van der Waals surface area (Å²) in [5.74, 6) is -0.965. The van der Waals surface area contributed by atoms with Gasteiger partial charge in [-0.1, -0.05) is 6.92 Å². The van der Waals surface area contributed by atoms with E-state index in [4.69, 9.17) is 5.73 Å². The van der Waals surface area contributed by atoms with E-state index in [1.165, 1.54) is 12.3 Å². The number of ketones is 1. The van der Waals surface area contributed by atoms with Gasteiger partial charge in [0.2, 0.25) is 0 Å². The second-order valence-corrected chi connectivity index (χ2v) is 2.89. The van der Waals surface area contributed by atoms with Gasteiger partial charge in [0.15, 0.2) is 5.78 Å². The standard InChI is InChI=1S/C9H11FN2O/c1-6(3-11)9(13)7-2-8(10)5-12-4-7/h2,4-6H,3,11H2,1H3. The number of hydrogen-bond donors (Lipinski definition) is 1. The zero-order chi connectivity index (χ0) is 9.84. The minimum atomic E-state index is -0.505. The minimum Gasteiger partial charge on any atom is -0.330 e. The van der Waals surface area contributed by atoms with Crippen molar-refractivity contribution >= 4 is 5.78 Å². The van der Waals surface area contributed by atoms with Crippen molar-refractivity contribution in [1.82, 2.24) is 4.98 Å². The highest BCUT2D eigenvalue weighted by molar-refractivity contribution is 5.97. The number of Topliss-reactive ketones (excluding diaryl/α,β-unsaturated/α-hetero) is 1. The Balaban J connectivity index is 2.89. The summed E-state index contributed by atoms with van der Waals surface area (Å²) in [5, 5.41) is 0. The molecule has 1 aromatic heterocycles. The van der Waals surface area contributed by atoms with Crippen molar-refractivity contribution in [3.63, 3.8) is 0 Å². The second-order valence-electron chi connectivity index (χ2n) is 2.89. The number of nitrogens with zero attached hydrogens (tertiary/aromatic N) is 1. The Morgan fingerprint density at radius 1 is 1.69 bits per heavy atom. The van der Waals surface area contributed by atoms with E-state index in [0.717, 1.165) is 6.20 Å². The molecule has 0 aromatic carbocycles. The molecular formula is C9H11FN2O. The molecule has 0 bridgehead atoms. The summed E-state index contributed by atoms with van der Waals surface area (Å²) < 4.78 is 12.6. The molecule has 1 atom stereocenters. The number of nitrogens with two attached hydrogens (primary N) is 1. The molecule has 4 heteroatoms. The van der Waals surface area contributed by atoms with E-state index >= 15 is 0 Å². The molecule has 1 heterocycles. The van der Waals surface area contributed by atoms with E-state index in [-0.39, 0.29) is 23.8 Å². The van der Waals surface area contributed by atoms with Gasteiger partial charge in [0, 0.05) is 24.2 Å². The molecule has 1 rings (SSSR count). The first-order valence-electron chi connectivity index (χ1n) is 4.00. The summed E-state index contributed by atoms with van der Waals surface area (Å²) in [6.07, 6.45) is 2.40. The van der Waals surface area contributed by atoms with Crippen molar-refractivity contribution in [3.8, 4) is 0 Å². The van der Waals surface area contributed by atoms with Gasteiger partial charge in [-0.15, -0.1) is 0 Å². The molecule has 0 aliphatic rings. The summed E-state index contributed by atoms with van der Waals surface area (Å²) in [7, 11) is 0. The molecule has 0 saturated heterocycles. The molecule has 0 radical (unpaired) electrons. The van der Waals surface area contributed by atoms with Crippen LogP contribution in [0.25, 0.3) is 0 Å². The van der Waals surface area contributed by atoms with Gasteiger partial charge in [-0.3, -0.25) is 9.78 Å². The summed E-state index contributed by atoms with van der Waals surface area (Å²) in [5.41, 5.74) is 5.59. The topological polar surface area (TPSA) is 56.0 Å². The van der Waals surface area contributed by atoms with E-state index in [2.05, 4.69) is 4.98 Å². The highest BCUT2D eigenvalue weighted by Gasteiger charge is 2.13. The number of carbonyl (C=O) groups excluding carboxylic acids is 1. The second kappa shape index (κ2) is 4.09. The molecule has 0 amide bonds. The average molecular weight is 182 g/mol. The van der Waals surface area contributed by atoms with E-state index in [0.29, 0.717) is 0 Å². The van der Waals surface area contributed by atoms with E-state index in [1.54, 1.807) is 6.92 Å². The monoisotopic (exact) mass is 182 g/mol. The van der Waals surface area contributed by atoms with Gasteiger partial charge in [0.25, 0.3) is 0 Å². The third-order valence-corrected chi connectivity index (χ3v) is 1.79. The molecular weight excluding hydrogens is 171 g/mol. The van der Waals surface area contributed by atoms with Crippen LogP contribution in [0.1, 0.15) is 17.3 Å². The maximum atomic E-state index is 12.6. The number of halogens is 1. The summed E-state index contributed by atoms with van der Waals surface area (Å²) >= 11 is 0. The number of carbonyl (C=O) groups is 1. The lowest BCUT2D eigenvalue weighted by Gasteiger charge is -2.06. The largest absolute Gasteiger partial charge is 0.330 e. The third-order valence-electron chi connectivity index (χ3n) is 1.79. The van der Waals surface area contributed by atoms with Gasteiger partial charge < -0.3 is 5.73 Å². The van der Waals surface area contributed by atoms with Crippen molar-refractivity contribution in [2.24, 2.45) is 11.7 Å². The predicted octanol–water partition coefficient (Wildman–Crippen LogP) is 0.998. The molecule has 0 saturated carbocycles. The minimum absolute atomic E-state index is 0.172. The normalized spacial score (nSPS) is 12.5. The summed E-state index contributed by atoms with van der Waals surface area (Å²) in [4.78, 5) is 15.0. The van der Waals surface area contributed by atoms with Crippen LogP contribution in [0.3, 0.4) is 0 Å². The van der Waals surface area contributed by atoms with Crippen LogP contribution >= 0.6 is 0 Å². The summed E-state index contributed by atoms with van der Waals surface area (Å²) in [6.45, 7) is 1.96. The van der Waals surface area contributed by atoms with Crippen molar-refractivity contribution in [2.45, 2.75) is 6.92 Å². The molecule has 0 aliphatic heterocycles. The predicted molar refractivity (Wildman–Crippen MR) is 46.7 cm³/mol. The zero-order valence-electron chi connectivity index (χ0n) is 7.33. The average Bonchev–Trinajstić information content (AvgIpc) is 2.15. The van der Waals surface area contributed by atoms with Crippen molar-refractivity contribution < 1.29 is 9.18 Å². The SMILES string of the molecule is CC(CN)C(=O)c1cncc(F)c1. The smallest absolute Gasteiger partial charge is 0.168 e. The van der Waals surface area contributed by atoms with Crippen LogP contribution in [0.4, 0.5) is 4.39 Å². The van der Waals surface area contributed by atoms with Gasteiger partial charge >= 0.3 is 0 Å². The lowest BCUT2D eigenvalue weighted by atomic mass is 10.0. The molecule has 0 fully saturated rings. The fourth-order valence-electron chi connectivity index (χ4n) is 0.938. The van der Waals surface area contributed by atoms with Gasteiger partial charge in [-0.2, -0.15) is 0 Å². The van der Waals surface area contributed by atoms with E-state index in [9.17, 15) is 9.18 Å². The lowest BCUT2D eigenvalue weighted by Crippen LogP contribution is -2.20. The zero-order valence-corrected chi connectivity index (χ0v) is 7.33. The first-order valence-corrected chi connectivity index (χ1v) is 4.00. The molecule has 0 spiro atoms. The van der Waals surface area contributed by atoms with Crippen molar-refractivity contribution in [3.05, 3.63) is 29.8 Å². The van der Waals surface area contributed by atoms with Gasteiger partial charge in [0.05, 0.1) is 6.20 Å². The van der Waals surface area contributed by atoms with Gasteiger partial charge in [-0.25, -0.2) is 4.39 Å². The van der Waals surface area contributed by atoms with Crippen LogP contribution in [0, 0.1) is 11.7 Å². The van der Waals surface area contributed by atoms with E-state index in [1.807, 2.05) is 0 Å². The van der Waals surface area contributed by atoms with Crippen LogP contribution in [0.5, 0.6) is 0 Å². The highest BCUT2D eigenvalue weighted by atomic mass is 19.1. The van der Waals surface area contributed by atoms with Crippen molar-refractivity contribution in [2.75, 3.05) is 6.54 Å². The molecule has 3 nitrogen and oxygen atoms in total. The Labute approximate surface area is 75.8 Å². The molecule has 1 unspecified atom stereocenters. The lowest BCUT2D eigenvalue weighted by molar-refractivity contribution is 0.0933. The molecule has 13 heavy (non-hydrogen) atoms. The number of pyridine rings is 1. The maximum absolute atomic E-state index is 12.6. The van der Waals surface area contributed by atoms with Crippen LogP contribution in [-0.2, 0) is 0 Å². The number of hydrogen-bond acceptors (Lipinski definition) is 3.